The summed E-state index contributed by atoms with van der Waals surface area (Å²) in [7, 11) is 4.57. The topological polar surface area (TPSA) is 58.6 Å². The largest absolute Gasteiger partial charge is 0.466 e. The average molecular weight is 262 g/mol. The molecule has 0 aliphatic rings. The van der Waals surface area contributed by atoms with Gasteiger partial charge in [0.25, 0.3) is 0 Å². The molecule has 0 radical (unpaired) electrons. The van der Waals surface area contributed by atoms with Gasteiger partial charge in [-0.05, 0) is 12.5 Å². The van der Waals surface area contributed by atoms with Crippen molar-refractivity contribution >= 4 is 17.7 Å². The van der Waals surface area contributed by atoms with Gasteiger partial charge in [-0.15, -0.1) is 0 Å². The van der Waals surface area contributed by atoms with Crippen molar-refractivity contribution in [2.45, 2.75) is 6.92 Å². The van der Waals surface area contributed by atoms with E-state index in [0.717, 1.165) is 5.56 Å². The number of ether oxygens (including phenoxy) is 1. The molecule has 0 atom stereocenters. The Kier molecular flexibility index (Phi) is 5.11. The highest BCUT2D eigenvalue weighted by atomic mass is 16.5. The molecule has 5 heteroatoms. The standard InChI is InChI=1S/C14H18N2O3/c1-10(13(17)19-4)12(15-14(18)16(2)3)11-8-6-5-7-9-11/h5-9H,1-4H3,(H,15,18). The number of rotatable bonds is 3. The highest BCUT2D eigenvalue weighted by Crippen LogP contribution is 2.17. The van der Waals surface area contributed by atoms with Gasteiger partial charge in [0.2, 0.25) is 0 Å². The van der Waals surface area contributed by atoms with Gasteiger partial charge in [0, 0.05) is 14.1 Å². The summed E-state index contributed by atoms with van der Waals surface area (Å²) in [6.45, 7) is 1.62. The number of nitrogens with one attached hydrogen (secondary N) is 1. The fourth-order valence-electron chi connectivity index (χ4n) is 1.46. The number of amides is 2. The zero-order chi connectivity index (χ0) is 14.4. The molecule has 5 nitrogen and oxygen atoms in total. The Labute approximate surface area is 112 Å². The first-order chi connectivity index (χ1) is 8.97. The molecule has 1 rings (SSSR count). The molecule has 0 aliphatic heterocycles. The minimum Gasteiger partial charge on any atom is -0.466 e. The molecule has 0 fully saturated rings. The number of carbonyl (C=O) groups excluding carboxylic acids is 2. The number of benzene rings is 1. The van der Waals surface area contributed by atoms with Crippen molar-refractivity contribution in [2.24, 2.45) is 0 Å². The lowest BCUT2D eigenvalue weighted by molar-refractivity contribution is -0.135. The van der Waals surface area contributed by atoms with Crippen LogP contribution in [0.5, 0.6) is 0 Å². The van der Waals surface area contributed by atoms with Crippen LogP contribution < -0.4 is 5.32 Å². The fraction of sp³-hybridized carbons (Fsp3) is 0.286. The highest BCUT2D eigenvalue weighted by Gasteiger charge is 2.16. The van der Waals surface area contributed by atoms with Crippen LogP contribution in [0.4, 0.5) is 4.79 Å². The molecule has 1 aromatic carbocycles. The van der Waals surface area contributed by atoms with Crippen LogP contribution in [0.25, 0.3) is 5.70 Å². The van der Waals surface area contributed by atoms with Gasteiger partial charge in [0.1, 0.15) is 0 Å². The Morgan fingerprint density at radius 3 is 2.21 bits per heavy atom. The molecule has 0 saturated heterocycles. The molecule has 0 heterocycles. The minimum atomic E-state index is -0.474. The Balaban J connectivity index is 3.19. The van der Waals surface area contributed by atoms with Gasteiger partial charge in [-0.2, -0.15) is 0 Å². The number of hydrogen-bond donors (Lipinski definition) is 1. The van der Waals surface area contributed by atoms with E-state index < -0.39 is 5.97 Å². The second kappa shape index (κ2) is 6.58. The van der Waals surface area contributed by atoms with E-state index in [1.807, 2.05) is 30.3 Å². The summed E-state index contributed by atoms with van der Waals surface area (Å²) >= 11 is 0. The Hall–Kier alpha value is -2.30. The van der Waals surface area contributed by atoms with Crippen LogP contribution in [-0.2, 0) is 9.53 Å². The highest BCUT2D eigenvalue weighted by molar-refractivity contribution is 5.99. The molecule has 0 spiro atoms. The maximum Gasteiger partial charge on any atom is 0.335 e. The van der Waals surface area contributed by atoms with Gasteiger partial charge in [-0.25, -0.2) is 9.59 Å². The van der Waals surface area contributed by atoms with Gasteiger partial charge >= 0.3 is 12.0 Å². The maximum absolute atomic E-state index is 11.8. The Morgan fingerprint density at radius 1 is 1.16 bits per heavy atom. The summed E-state index contributed by atoms with van der Waals surface area (Å²) in [6.07, 6.45) is 0. The average Bonchev–Trinajstić information content (AvgIpc) is 2.43. The molecule has 102 valence electrons. The lowest BCUT2D eigenvalue weighted by Crippen LogP contribution is -2.34. The molecule has 1 N–H and O–H groups in total. The summed E-state index contributed by atoms with van der Waals surface area (Å²) in [5.74, 6) is -0.474. The molecular weight excluding hydrogens is 244 g/mol. The van der Waals surface area contributed by atoms with Crippen molar-refractivity contribution in [3.8, 4) is 0 Å². The third-order valence-corrected chi connectivity index (χ3v) is 2.57. The van der Waals surface area contributed by atoms with E-state index in [4.69, 9.17) is 4.74 Å². The van der Waals surface area contributed by atoms with Crippen LogP contribution >= 0.6 is 0 Å². The quantitative estimate of drug-likeness (QED) is 0.668. The lowest BCUT2D eigenvalue weighted by atomic mass is 10.1. The number of methoxy groups -OCH3 is 1. The second-order valence-corrected chi connectivity index (χ2v) is 4.18. The van der Waals surface area contributed by atoms with E-state index in [0.29, 0.717) is 11.3 Å². The van der Waals surface area contributed by atoms with Gasteiger partial charge in [-0.3, -0.25) is 0 Å². The zero-order valence-corrected chi connectivity index (χ0v) is 11.6. The summed E-state index contributed by atoms with van der Waals surface area (Å²) in [6, 6.07) is 8.86. The SMILES string of the molecule is COC(=O)C(C)=C(NC(=O)N(C)C)c1ccccc1. The van der Waals surface area contributed by atoms with E-state index in [9.17, 15) is 9.59 Å². The van der Waals surface area contributed by atoms with Crippen LogP contribution in [0.2, 0.25) is 0 Å². The number of hydrogen-bond acceptors (Lipinski definition) is 3. The van der Waals surface area contributed by atoms with E-state index in [-0.39, 0.29) is 6.03 Å². The smallest absolute Gasteiger partial charge is 0.335 e. The predicted molar refractivity (Wildman–Crippen MR) is 73.3 cm³/mol. The normalized spacial score (nSPS) is 11.4. The van der Waals surface area contributed by atoms with Crippen molar-refractivity contribution in [3.05, 3.63) is 41.5 Å². The molecule has 0 aliphatic carbocycles. The molecular formula is C14H18N2O3. The summed E-state index contributed by atoms with van der Waals surface area (Å²) in [5, 5.41) is 2.71. The molecule has 1 aromatic rings. The fourth-order valence-corrected chi connectivity index (χ4v) is 1.46. The minimum absolute atomic E-state index is 0.304. The van der Waals surface area contributed by atoms with Crippen molar-refractivity contribution in [3.63, 3.8) is 0 Å². The van der Waals surface area contributed by atoms with Gasteiger partial charge in [0.15, 0.2) is 0 Å². The molecule has 0 unspecified atom stereocenters. The number of carbonyl (C=O) groups is 2. The summed E-state index contributed by atoms with van der Waals surface area (Å²) in [5.41, 5.74) is 1.55. The number of esters is 1. The van der Waals surface area contributed by atoms with Crippen molar-refractivity contribution < 1.29 is 14.3 Å². The van der Waals surface area contributed by atoms with Crippen molar-refractivity contribution in [2.75, 3.05) is 21.2 Å². The molecule has 19 heavy (non-hydrogen) atoms. The lowest BCUT2D eigenvalue weighted by Gasteiger charge is -2.16. The zero-order valence-electron chi connectivity index (χ0n) is 11.6. The Morgan fingerprint density at radius 2 is 1.74 bits per heavy atom. The van der Waals surface area contributed by atoms with Crippen molar-refractivity contribution in [1.82, 2.24) is 10.2 Å². The van der Waals surface area contributed by atoms with Crippen LogP contribution in [0, 0.1) is 0 Å². The van der Waals surface area contributed by atoms with Gasteiger partial charge < -0.3 is 15.0 Å². The molecule has 0 aromatic heterocycles. The predicted octanol–water partition coefficient (Wildman–Crippen LogP) is 1.86. The van der Waals surface area contributed by atoms with Gasteiger partial charge in [-0.1, -0.05) is 30.3 Å². The monoisotopic (exact) mass is 262 g/mol. The Bertz CT molecular complexity index is 493. The van der Waals surface area contributed by atoms with Gasteiger partial charge in [0.05, 0.1) is 18.4 Å². The van der Waals surface area contributed by atoms with Crippen molar-refractivity contribution in [1.29, 1.82) is 0 Å². The summed E-state index contributed by atoms with van der Waals surface area (Å²) in [4.78, 5) is 24.8. The second-order valence-electron chi connectivity index (χ2n) is 4.18. The summed E-state index contributed by atoms with van der Waals surface area (Å²) < 4.78 is 4.69. The molecule has 2 amide bonds. The third kappa shape index (κ3) is 3.84. The first-order valence-electron chi connectivity index (χ1n) is 5.80. The molecule has 0 saturated carbocycles. The van der Waals surface area contributed by atoms with Crippen LogP contribution in [0.3, 0.4) is 0 Å². The van der Waals surface area contributed by atoms with E-state index in [1.54, 1.807) is 21.0 Å². The van der Waals surface area contributed by atoms with Crippen LogP contribution in [0.15, 0.2) is 35.9 Å². The van der Waals surface area contributed by atoms with E-state index >= 15 is 0 Å². The number of urea groups is 1. The first-order valence-corrected chi connectivity index (χ1v) is 5.80. The van der Waals surface area contributed by atoms with E-state index in [2.05, 4.69) is 5.32 Å². The van der Waals surface area contributed by atoms with Crippen LogP contribution in [-0.4, -0.2) is 38.1 Å². The first kappa shape index (κ1) is 14.8. The third-order valence-electron chi connectivity index (χ3n) is 2.57. The van der Waals surface area contributed by atoms with Crippen LogP contribution in [0.1, 0.15) is 12.5 Å². The maximum atomic E-state index is 11.8. The van der Waals surface area contributed by atoms with E-state index in [1.165, 1.54) is 12.0 Å². The number of nitrogens with zero attached hydrogens (tertiary/aromatic N) is 1. The molecule has 0 bridgehead atoms.